The normalized spacial score (nSPS) is 12.7. The molecule has 0 aliphatic carbocycles. The number of carbonyl (C=O) groups is 1. The van der Waals surface area contributed by atoms with Gasteiger partial charge in [-0.05, 0) is 41.0 Å². The van der Waals surface area contributed by atoms with Crippen LogP contribution in [0.2, 0.25) is 0 Å². The van der Waals surface area contributed by atoms with Gasteiger partial charge in [0.2, 0.25) is 10.0 Å². The van der Waals surface area contributed by atoms with Gasteiger partial charge in [-0.2, -0.15) is 0 Å². The Bertz CT molecular complexity index is 1070. The highest BCUT2D eigenvalue weighted by atomic mass is 32.2. The third-order valence-electron chi connectivity index (χ3n) is 4.35. The highest BCUT2D eigenvalue weighted by Crippen LogP contribution is 2.25. The van der Waals surface area contributed by atoms with E-state index in [1.165, 1.54) is 13.2 Å². The van der Waals surface area contributed by atoms with E-state index in [1.807, 2.05) is 49.4 Å². The summed E-state index contributed by atoms with van der Waals surface area (Å²) in [5.41, 5.74) is 1.77. The van der Waals surface area contributed by atoms with Crippen LogP contribution in [0.4, 0.5) is 0 Å². The molecule has 6 heteroatoms. The summed E-state index contributed by atoms with van der Waals surface area (Å²) in [6, 6.07) is 19.8. The van der Waals surface area contributed by atoms with Crippen molar-refractivity contribution in [3.63, 3.8) is 0 Å². The van der Waals surface area contributed by atoms with E-state index in [1.54, 1.807) is 18.2 Å². The molecular weight excluding hydrogens is 362 g/mol. The lowest BCUT2D eigenvalue weighted by atomic mass is 10.0. The van der Waals surface area contributed by atoms with Crippen molar-refractivity contribution in [1.29, 1.82) is 0 Å². The van der Waals surface area contributed by atoms with E-state index in [4.69, 9.17) is 0 Å². The van der Waals surface area contributed by atoms with Crippen LogP contribution in [0.3, 0.4) is 0 Å². The van der Waals surface area contributed by atoms with Crippen LogP contribution >= 0.6 is 0 Å². The van der Waals surface area contributed by atoms with Crippen molar-refractivity contribution in [2.45, 2.75) is 18.7 Å². The van der Waals surface area contributed by atoms with E-state index in [0.717, 1.165) is 16.3 Å². The lowest BCUT2D eigenvalue weighted by molar-refractivity contribution is 0.0600. The van der Waals surface area contributed by atoms with Gasteiger partial charge in [0.15, 0.2) is 0 Å². The van der Waals surface area contributed by atoms with Gasteiger partial charge in [-0.15, -0.1) is 0 Å². The van der Waals surface area contributed by atoms with Gasteiger partial charge in [0.25, 0.3) is 0 Å². The van der Waals surface area contributed by atoms with E-state index in [9.17, 15) is 13.2 Å². The largest absolute Gasteiger partial charge is 0.465 e. The molecule has 27 heavy (non-hydrogen) atoms. The van der Waals surface area contributed by atoms with Gasteiger partial charge in [0.05, 0.1) is 18.4 Å². The minimum atomic E-state index is -3.60. The van der Waals surface area contributed by atoms with E-state index < -0.39 is 16.0 Å². The number of nitrogens with one attached hydrogen (secondary N) is 1. The molecule has 140 valence electrons. The quantitative estimate of drug-likeness (QED) is 0.657. The number of methoxy groups -OCH3 is 1. The molecule has 0 spiro atoms. The van der Waals surface area contributed by atoms with Gasteiger partial charge < -0.3 is 4.74 Å². The molecule has 0 amide bonds. The van der Waals surface area contributed by atoms with Gasteiger partial charge in [-0.1, -0.05) is 54.6 Å². The van der Waals surface area contributed by atoms with E-state index >= 15 is 0 Å². The fourth-order valence-electron chi connectivity index (χ4n) is 3.13. The summed E-state index contributed by atoms with van der Waals surface area (Å²) in [4.78, 5) is 11.6. The van der Waals surface area contributed by atoms with Crippen LogP contribution in [0.15, 0.2) is 66.7 Å². The summed E-state index contributed by atoms with van der Waals surface area (Å²) < 4.78 is 32.7. The average Bonchev–Trinajstić information content (AvgIpc) is 2.66. The molecule has 1 N–H and O–H groups in total. The highest BCUT2D eigenvalue weighted by molar-refractivity contribution is 7.88. The van der Waals surface area contributed by atoms with Crippen molar-refractivity contribution in [2.75, 3.05) is 7.11 Å². The average molecular weight is 383 g/mol. The van der Waals surface area contributed by atoms with Crippen LogP contribution in [0.1, 0.15) is 34.5 Å². The Morgan fingerprint density at radius 1 is 1.04 bits per heavy atom. The first-order valence-corrected chi connectivity index (χ1v) is 10.2. The molecule has 0 saturated heterocycles. The van der Waals surface area contributed by atoms with Crippen molar-refractivity contribution >= 4 is 26.8 Å². The van der Waals surface area contributed by atoms with Gasteiger partial charge in [-0.25, -0.2) is 17.9 Å². The molecule has 0 fully saturated rings. The molecule has 0 aromatic heterocycles. The first-order chi connectivity index (χ1) is 12.9. The number of esters is 1. The smallest absolute Gasteiger partial charge is 0.337 e. The molecule has 3 rings (SSSR count). The maximum Gasteiger partial charge on any atom is 0.337 e. The predicted molar refractivity (Wildman–Crippen MR) is 106 cm³/mol. The minimum absolute atomic E-state index is 0.215. The van der Waals surface area contributed by atoms with Crippen molar-refractivity contribution in [2.24, 2.45) is 0 Å². The molecule has 1 unspecified atom stereocenters. The fourth-order valence-corrected chi connectivity index (χ4v) is 4.50. The molecule has 3 aromatic rings. The Labute approximate surface area is 159 Å². The first kappa shape index (κ1) is 19.1. The molecule has 0 saturated carbocycles. The third kappa shape index (κ3) is 4.53. The first-order valence-electron chi connectivity index (χ1n) is 8.54. The van der Waals surface area contributed by atoms with Crippen LogP contribution in [-0.4, -0.2) is 21.5 Å². The number of ether oxygens (including phenoxy) is 1. The molecule has 0 heterocycles. The van der Waals surface area contributed by atoms with Crippen LogP contribution in [0, 0.1) is 0 Å². The highest BCUT2D eigenvalue weighted by Gasteiger charge is 2.18. The molecule has 1 atom stereocenters. The minimum Gasteiger partial charge on any atom is -0.465 e. The number of hydrogen-bond donors (Lipinski definition) is 1. The van der Waals surface area contributed by atoms with Crippen molar-refractivity contribution in [3.8, 4) is 0 Å². The molecule has 0 aliphatic heterocycles. The Hall–Kier alpha value is -2.70. The van der Waals surface area contributed by atoms with E-state index in [-0.39, 0.29) is 11.8 Å². The van der Waals surface area contributed by atoms with E-state index in [0.29, 0.717) is 11.1 Å². The molecule has 0 bridgehead atoms. The standard InChI is InChI=1S/C21H21NO4S/c1-15(19-12-6-9-17-8-3-4-11-20(17)19)22-27(24,25)14-16-7-5-10-18(13-16)21(23)26-2/h3-13,15,22H,14H2,1-2H3. The SMILES string of the molecule is COC(=O)c1cccc(CS(=O)(=O)NC(C)c2cccc3ccccc23)c1. The summed E-state index contributed by atoms with van der Waals surface area (Å²) in [6.07, 6.45) is 0. The van der Waals surface area contributed by atoms with Crippen molar-refractivity contribution in [3.05, 3.63) is 83.4 Å². The number of carbonyl (C=O) groups excluding carboxylic acids is 1. The summed E-state index contributed by atoms with van der Waals surface area (Å²) in [5.74, 6) is -0.709. The number of rotatable bonds is 6. The zero-order valence-electron chi connectivity index (χ0n) is 15.2. The van der Waals surface area contributed by atoms with E-state index in [2.05, 4.69) is 9.46 Å². The van der Waals surface area contributed by atoms with Crippen LogP contribution in [0.25, 0.3) is 10.8 Å². The Morgan fingerprint density at radius 3 is 2.52 bits per heavy atom. The number of hydrogen-bond acceptors (Lipinski definition) is 4. The summed E-state index contributed by atoms with van der Waals surface area (Å²) >= 11 is 0. The second-order valence-corrected chi connectivity index (χ2v) is 8.11. The molecule has 5 nitrogen and oxygen atoms in total. The van der Waals surface area contributed by atoms with Crippen LogP contribution in [0.5, 0.6) is 0 Å². The van der Waals surface area contributed by atoms with Crippen LogP contribution < -0.4 is 4.72 Å². The summed E-state index contributed by atoms with van der Waals surface area (Å²) in [7, 11) is -2.31. The maximum atomic E-state index is 12.6. The topological polar surface area (TPSA) is 72.5 Å². The number of fused-ring (bicyclic) bond motifs is 1. The Balaban J connectivity index is 1.81. The molecule has 3 aromatic carbocycles. The van der Waals surface area contributed by atoms with Gasteiger partial charge in [0.1, 0.15) is 0 Å². The summed E-state index contributed by atoms with van der Waals surface area (Å²) in [6.45, 7) is 1.82. The lowest BCUT2D eigenvalue weighted by Crippen LogP contribution is -2.28. The third-order valence-corrected chi connectivity index (χ3v) is 5.78. The second-order valence-electron chi connectivity index (χ2n) is 6.36. The maximum absolute atomic E-state index is 12.6. The van der Waals surface area contributed by atoms with Crippen molar-refractivity contribution < 1.29 is 17.9 Å². The predicted octanol–water partition coefficient (Wildman–Crippen LogP) is 3.81. The van der Waals surface area contributed by atoms with Crippen molar-refractivity contribution in [1.82, 2.24) is 4.72 Å². The van der Waals surface area contributed by atoms with Gasteiger partial charge in [0, 0.05) is 6.04 Å². The zero-order chi connectivity index (χ0) is 19.4. The molecule has 0 aliphatic rings. The van der Waals surface area contributed by atoms with Gasteiger partial charge in [-0.3, -0.25) is 0 Å². The monoisotopic (exact) mass is 383 g/mol. The number of sulfonamides is 1. The molecular formula is C21H21NO4S. The second kappa shape index (κ2) is 7.90. The lowest BCUT2D eigenvalue weighted by Gasteiger charge is -2.17. The Morgan fingerprint density at radius 2 is 1.74 bits per heavy atom. The van der Waals surface area contributed by atoms with Gasteiger partial charge >= 0.3 is 5.97 Å². The fraction of sp³-hybridized carbons (Fsp3) is 0.190. The zero-order valence-corrected chi connectivity index (χ0v) is 16.0. The number of benzene rings is 3. The Kier molecular flexibility index (Phi) is 5.58. The molecule has 0 radical (unpaired) electrons. The summed E-state index contributed by atoms with van der Waals surface area (Å²) in [5, 5.41) is 2.08. The van der Waals surface area contributed by atoms with Crippen LogP contribution in [-0.2, 0) is 20.5 Å².